The van der Waals surface area contributed by atoms with Crippen LogP contribution in [0.4, 0.5) is 0 Å². The molecule has 3 rings (SSSR count). The first-order valence-corrected chi connectivity index (χ1v) is 7.22. The molecule has 5 heteroatoms. The molecule has 0 spiro atoms. The van der Waals surface area contributed by atoms with E-state index in [1.165, 1.54) is 10.9 Å². The molecule has 0 unspecified atom stereocenters. The van der Waals surface area contributed by atoms with Gasteiger partial charge in [0, 0.05) is 6.20 Å². The van der Waals surface area contributed by atoms with E-state index >= 15 is 0 Å². The Morgan fingerprint density at radius 2 is 1.70 bits per heavy atom. The van der Waals surface area contributed by atoms with E-state index in [2.05, 4.69) is 11.7 Å². The maximum absolute atomic E-state index is 12.5. The predicted octanol–water partition coefficient (Wildman–Crippen LogP) is 1.21. The van der Waals surface area contributed by atoms with Gasteiger partial charge in [-0.1, -0.05) is 55.1 Å². The summed E-state index contributed by atoms with van der Waals surface area (Å²) in [5.74, 6) is 0. The third-order valence-corrected chi connectivity index (χ3v) is 3.49. The van der Waals surface area contributed by atoms with Crippen LogP contribution in [-0.2, 0) is 6.54 Å². The van der Waals surface area contributed by atoms with Crippen molar-refractivity contribution >= 4 is 12.8 Å². The second-order valence-corrected chi connectivity index (χ2v) is 5.19. The number of hydrogen-bond acceptors (Lipinski definition) is 3. The summed E-state index contributed by atoms with van der Waals surface area (Å²) in [5, 5.41) is 14.8. The standard InChI is InChI=1S/C18H17N3O2/c1-14-17(13-20(23)12-15-8-4-2-5-9-15)18(22)21(19-14)16-10-6-3-7-11-16/h2-11,13,19,23H,1,12H2. The van der Waals surface area contributed by atoms with Crippen molar-refractivity contribution in [1.82, 2.24) is 14.8 Å². The number of hydroxylamine groups is 2. The maximum Gasteiger partial charge on any atom is 0.280 e. The van der Waals surface area contributed by atoms with Crippen LogP contribution in [0, 0.1) is 0 Å². The molecule has 2 aromatic carbocycles. The molecular weight excluding hydrogens is 290 g/mol. The van der Waals surface area contributed by atoms with Gasteiger partial charge in [-0.25, -0.2) is 4.68 Å². The Hall–Kier alpha value is -3.05. The summed E-state index contributed by atoms with van der Waals surface area (Å²) in [4.78, 5) is 12.5. The molecule has 0 bridgehead atoms. The summed E-state index contributed by atoms with van der Waals surface area (Å²) >= 11 is 0. The third-order valence-electron chi connectivity index (χ3n) is 3.49. The van der Waals surface area contributed by atoms with Crippen molar-refractivity contribution in [2.24, 2.45) is 0 Å². The van der Waals surface area contributed by atoms with Crippen molar-refractivity contribution in [1.29, 1.82) is 0 Å². The highest BCUT2D eigenvalue weighted by Crippen LogP contribution is 2.02. The van der Waals surface area contributed by atoms with Gasteiger partial charge >= 0.3 is 0 Å². The summed E-state index contributed by atoms with van der Waals surface area (Å²) in [5.41, 5.74) is 1.40. The second-order valence-electron chi connectivity index (χ2n) is 5.19. The first-order valence-electron chi connectivity index (χ1n) is 7.22. The highest BCUT2D eigenvalue weighted by atomic mass is 16.5. The topological polar surface area (TPSA) is 61.3 Å². The molecule has 0 fully saturated rings. The van der Waals surface area contributed by atoms with Crippen LogP contribution in [-0.4, -0.2) is 20.1 Å². The molecule has 1 heterocycles. The Labute approximate surface area is 133 Å². The molecule has 1 aromatic heterocycles. The molecular formula is C18H17N3O2. The van der Waals surface area contributed by atoms with Gasteiger partial charge in [0.2, 0.25) is 0 Å². The number of aromatic nitrogens is 2. The molecule has 0 aliphatic rings. The summed E-state index contributed by atoms with van der Waals surface area (Å²) in [6, 6.07) is 18.7. The highest BCUT2D eigenvalue weighted by molar-refractivity contribution is 5.32. The normalized spacial score (nSPS) is 11.6. The van der Waals surface area contributed by atoms with Crippen LogP contribution in [0.1, 0.15) is 5.56 Å². The molecule has 5 nitrogen and oxygen atoms in total. The van der Waals surface area contributed by atoms with E-state index in [4.69, 9.17) is 0 Å². The van der Waals surface area contributed by atoms with Crippen LogP contribution in [0.25, 0.3) is 18.5 Å². The summed E-state index contributed by atoms with van der Waals surface area (Å²) in [7, 11) is 0. The van der Waals surface area contributed by atoms with Gasteiger partial charge < -0.3 is 0 Å². The fourth-order valence-corrected chi connectivity index (χ4v) is 2.35. The lowest BCUT2D eigenvalue weighted by Gasteiger charge is -2.10. The van der Waals surface area contributed by atoms with Crippen LogP contribution in [0.3, 0.4) is 0 Å². The Morgan fingerprint density at radius 1 is 1.09 bits per heavy atom. The van der Waals surface area contributed by atoms with Gasteiger partial charge in [-0.15, -0.1) is 0 Å². The number of rotatable bonds is 4. The number of benzene rings is 2. The fraction of sp³-hybridized carbons (Fsp3) is 0.0556. The van der Waals surface area contributed by atoms with Crippen molar-refractivity contribution in [3.05, 3.63) is 87.1 Å². The van der Waals surface area contributed by atoms with Crippen molar-refractivity contribution in [3.8, 4) is 5.69 Å². The summed E-state index contributed by atoms with van der Waals surface area (Å²) in [6.45, 7) is 4.13. The molecule has 0 aliphatic heterocycles. The van der Waals surface area contributed by atoms with Crippen LogP contribution < -0.4 is 16.1 Å². The molecule has 0 radical (unpaired) electrons. The number of nitrogens with one attached hydrogen (secondary N) is 1. The summed E-state index contributed by atoms with van der Waals surface area (Å²) < 4.78 is 1.41. The molecule has 0 aliphatic carbocycles. The molecule has 3 aromatic rings. The van der Waals surface area contributed by atoms with E-state index in [1.807, 2.05) is 60.7 Å². The highest BCUT2D eigenvalue weighted by Gasteiger charge is 2.05. The minimum Gasteiger partial charge on any atom is -0.291 e. The first kappa shape index (κ1) is 14.9. The zero-order valence-electron chi connectivity index (χ0n) is 12.5. The zero-order valence-corrected chi connectivity index (χ0v) is 12.5. The SMILES string of the molecule is C=c1[nH]n(-c2ccccc2)c(=O)c1=CN(O)Cc1ccccc1. The lowest BCUT2D eigenvalue weighted by molar-refractivity contribution is -0.0287. The van der Waals surface area contributed by atoms with Crippen molar-refractivity contribution in [2.75, 3.05) is 0 Å². The molecule has 0 saturated carbocycles. The average molecular weight is 307 g/mol. The lowest BCUT2D eigenvalue weighted by Crippen LogP contribution is -2.36. The van der Waals surface area contributed by atoms with Gasteiger partial charge in [0.1, 0.15) is 0 Å². The van der Waals surface area contributed by atoms with Gasteiger partial charge in [0.05, 0.1) is 22.8 Å². The maximum atomic E-state index is 12.5. The minimum atomic E-state index is -0.256. The summed E-state index contributed by atoms with van der Waals surface area (Å²) in [6.07, 6.45) is 1.40. The Bertz CT molecular complexity index is 943. The van der Waals surface area contributed by atoms with Gasteiger partial charge in [-0.05, 0) is 17.7 Å². The monoisotopic (exact) mass is 307 g/mol. The van der Waals surface area contributed by atoms with Gasteiger partial charge in [-0.3, -0.25) is 20.2 Å². The van der Waals surface area contributed by atoms with Crippen molar-refractivity contribution in [3.63, 3.8) is 0 Å². The molecule has 0 saturated heterocycles. The van der Waals surface area contributed by atoms with Gasteiger partial charge in [-0.2, -0.15) is 0 Å². The van der Waals surface area contributed by atoms with Crippen LogP contribution in [0.15, 0.2) is 65.5 Å². The van der Waals surface area contributed by atoms with Gasteiger partial charge in [0.25, 0.3) is 5.56 Å². The van der Waals surface area contributed by atoms with Crippen LogP contribution >= 0.6 is 0 Å². The number of hydrogen-bond donors (Lipinski definition) is 2. The fourth-order valence-electron chi connectivity index (χ4n) is 2.35. The van der Waals surface area contributed by atoms with Crippen LogP contribution in [0.2, 0.25) is 0 Å². The van der Waals surface area contributed by atoms with E-state index < -0.39 is 0 Å². The molecule has 23 heavy (non-hydrogen) atoms. The van der Waals surface area contributed by atoms with E-state index in [-0.39, 0.29) is 12.1 Å². The average Bonchev–Trinajstić information content (AvgIpc) is 2.85. The Morgan fingerprint density at radius 3 is 2.35 bits per heavy atom. The smallest absolute Gasteiger partial charge is 0.280 e. The number of H-pyrrole nitrogens is 1. The largest absolute Gasteiger partial charge is 0.291 e. The minimum absolute atomic E-state index is 0.256. The molecule has 116 valence electrons. The zero-order chi connectivity index (χ0) is 16.2. The van der Waals surface area contributed by atoms with Crippen molar-refractivity contribution < 1.29 is 5.21 Å². The lowest BCUT2D eigenvalue weighted by atomic mass is 10.2. The van der Waals surface area contributed by atoms with E-state index in [9.17, 15) is 10.0 Å². The Balaban J connectivity index is 1.96. The molecule has 0 amide bonds. The molecule has 0 atom stereocenters. The predicted molar refractivity (Wildman–Crippen MR) is 89.4 cm³/mol. The number of aromatic amines is 1. The number of para-hydroxylation sites is 1. The quantitative estimate of drug-likeness (QED) is 0.712. The van der Waals surface area contributed by atoms with E-state index in [0.29, 0.717) is 10.6 Å². The second kappa shape index (κ2) is 6.37. The van der Waals surface area contributed by atoms with Gasteiger partial charge in [0.15, 0.2) is 0 Å². The van der Waals surface area contributed by atoms with E-state index in [0.717, 1.165) is 16.3 Å². The molecule has 2 N–H and O–H groups in total. The first-order chi connectivity index (χ1) is 11.1. The third kappa shape index (κ3) is 3.25. The number of nitrogens with zero attached hydrogens (tertiary/aromatic N) is 2. The Kier molecular flexibility index (Phi) is 4.12. The van der Waals surface area contributed by atoms with Crippen molar-refractivity contribution in [2.45, 2.75) is 6.54 Å². The van der Waals surface area contributed by atoms with Crippen LogP contribution in [0.5, 0.6) is 0 Å². The van der Waals surface area contributed by atoms with E-state index in [1.54, 1.807) is 0 Å².